The molecule has 3 aromatic rings. The van der Waals surface area contributed by atoms with Crippen molar-refractivity contribution in [3.63, 3.8) is 0 Å². The number of hydrogen-bond acceptors (Lipinski definition) is 6. The number of methoxy groups -OCH3 is 2. The topological polar surface area (TPSA) is 121 Å². The Morgan fingerprint density at radius 3 is 2.18 bits per heavy atom. The molecule has 0 saturated carbocycles. The number of fused-ring (bicyclic) bond motifs is 1. The van der Waals surface area contributed by atoms with E-state index in [9.17, 15) is 19.2 Å². The van der Waals surface area contributed by atoms with Gasteiger partial charge < -0.3 is 20.1 Å². The molecule has 0 bridgehead atoms. The van der Waals surface area contributed by atoms with Gasteiger partial charge in [0.2, 0.25) is 5.91 Å². The molecular formula is C29H38N4O6. The SMILES string of the molecule is CCC(C)NC(=O)Cn1c(=O)n(Cc2ccc(C(=O)NCCC(C)C)cc2)c(=O)c2cc(OC)c(OC)cc21. The van der Waals surface area contributed by atoms with Crippen molar-refractivity contribution < 1.29 is 19.1 Å². The molecule has 0 fully saturated rings. The van der Waals surface area contributed by atoms with Crippen LogP contribution in [0.5, 0.6) is 11.5 Å². The lowest BCUT2D eigenvalue weighted by atomic mass is 10.1. The van der Waals surface area contributed by atoms with E-state index >= 15 is 0 Å². The summed E-state index contributed by atoms with van der Waals surface area (Å²) < 4.78 is 13.1. The zero-order valence-electron chi connectivity index (χ0n) is 23.5. The number of nitrogens with zero attached hydrogens (tertiary/aromatic N) is 2. The van der Waals surface area contributed by atoms with Gasteiger partial charge in [-0.3, -0.25) is 23.5 Å². The standard InChI is InChI=1S/C29H38N4O6/c1-7-19(4)31-26(34)17-32-23-15-25(39-6)24(38-5)14-22(23)28(36)33(29(32)37)16-20-8-10-21(11-9-20)27(35)30-13-12-18(2)3/h8-11,14-15,18-19H,7,12-13,16-17H2,1-6H3,(H,30,35)(H,31,34). The molecular weight excluding hydrogens is 500 g/mol. The maximum absolute atomic E-state index is 13.6. The first-order valence-electron chi connectivity index (χ1n) is 13.1. The third-order valence-corrected chi connectivity index (χ3v) is 6.62. The summed E-state index contributed by atoms with van der Waals surface area (Å²) in [6.07, 6.45) is 1.62. The normalized spacial score (nSPS) is 11.9. The van der Waals surface area contributed by atoms with Gasteiger partial charge in [0.25, 0.3) is 11.5 Å². The predicted molar refractivity (Wildman–Crippen MR) is 151 cm³/mol. The highest BCUT2D eigenvalue weighted by molar-refractivity contribution is 5.94. The van der Waals surface area contributed by atoms with Crippen LogP contribution in [0.25, 0.3) is 10.9 Å². The predicted octanol–water partition coefficient (Wildman–Crippen LogP) is 2.92. The number of nitrogens with one attached hydrogen (secondary N) is 2. The summed E-state index contributed by atoms with van der Waals surface area (Å²) in [6, 6.07) is 9.73. The zero-order valence-corrected chi connectivity index (χ0v) is 23.5. The minimum absolute atomic E-state index is 0.0375. The average Bonchev–Trinajstić information content (AvgIpc) is 2.92. The largest absolute Gasteiger partial charge is 0.493 e. The Morgan fingerprint density at radius 1 is 0.949 bits per heavy atom. The number of amides is 2. The molecule has 1 unspecified atom stereocenters. The summed E-state index contributed by atoms with van der Waals surface area (Å²) in [5.41, 5.74) is 0.263. The van der Waals surface area contributed by atoms with Crippen LogP contribution in [0, 0.1) is 5.92 Å². The molecule has 0 aliphatic carbocycles. The van der Waals surface area contributed by atoms with Crippen molar-refractivity contribution in [2.75, 3.05) is 20.8 Å². The minimum Gasteiger partial charge on any atom is -0.493 e. The van der Waals surface area contributed by atoms with Crippen LogP contribution in [0.2, 0.25) is 0 Å². The molecule has 1 atom stereocenters. The van der Waals surface area contributed by atoms with Crippen molar-refractivity contribution >= 4 is 22.7 Å². The highest BCUT2D eigenvalue weighted by Gasteiger charge is 2.19. The fourth-order valence-electron chi connectivity index (χ4n) is 4.12. The number of hydrogen-bond donors (Lipinski definition) is 2. The first-order valence-corrected chi connectivity index (χ1v) is 13.1. The molecule has 39 heavy (non-hydrogen) atoms. The Hall–Kier alpha value is -4.08. The monoisotopic (exact) mass is 538 g/mol. The summed E-state index contributed by atoms with van der Waals surface area (Å²) in [5, 5.41) is 5.97. The smallest absolute Gasteiger partial charge is 0.332 e. The number of aromatic nitrogens is 2. The van der Waals surface area contributed by atoms with Crippen LogP contribution in [0.15, 0.2) is 46.0 Å². The maximum Gasteiger partial charge on any atom is 0.332 e. The van der Waals surface area contributed by atoms with Crippen molar-refractivity contribution in [2.24, 2.45) is 5.92 Å². The lowest BCUT2D eigenvalue weighted by molar-refractivity contribution is -0.122. The second-order valence-electron chi connectivity index (χ2n) is 10.00. The third kappa shape index (κ3) is 7.07. The molecule has 0 radical (unpaired) electrons. The summed E-state index contributed by atoms with van der Waals surface area (Å²) in [6.45, 7) is 8.28. The molecule has 210 valence electrons. The lowest BCUT2D eigenvalue weighted by Crippen LogP contribution is -2.44. The number of benzene rings is 2. The van der Waals surface area contributed by atoms with Gasteiger partial charge in [-0.2, -0.15) is 0 Å². The van der Waals surface area contributed by atoms with Crippen molar-refractivity contribution in [3.05, 3.63) is 68.4 Å². The Balaban J connectivity index is 2.02. The van der Waals surface area contributed by atoms with Gasteiger partial charge in [-0.25, -0.2) is 4.79 Å². The van der Waals surface area contributed by atoms with Crippen LogP contribution in [0.4, 0.5) is 0 Å². The van der Waals surface area contributed by atoms with Gasteiger partial charge in [0.05, 0.1) is 31.7 Å². The number of ether oxygens (including phenoxy) is 2. The van der Waals surface area contributed by atoms with E-state index in [2.05, 4.69) is 24.5 Å². The summed E-state index contributed by atoms with van der Waals surface area (Å²) in [4.78, 5) is 52.3. The molecule has 2 N–H and O–H groups in total. The lowest BCUT2D eigenvalue weighted by Gasteiger charge is -2.17. The summed E-state index contributed by atoms with van der Waals surface area (Å²) in [7, 11) is 2.91. The van der Waals surface area contributed by atoms with E-state index in [1.165, 1.54) is 30.9 Å². The van der Waals surface area contributed by atoms with E-state index < -0.39 is 11.2 Å². The Kier molecular flexibility index (Phi) is 9.92. The molecule has 3 rings (SSSR count). The molecule has 0 aliphatic heterocycles. The van der Waals surface area contributed by atoms with Crippen molar-refractivity contribution in [1.29, 1.82) is 0 Å². The van der Waals surface area contributed by atoms with Gasteiger partial charge in [0.1, 0.15) is 6.54 Å². The van der Waals surface area contributed by atoms with Crippen molar-refractivity contribution in [3.8, 4) is 11.5 Å². The van der Waals surface area contributed by atoms with Gasteiger partial charge in [0, 0.05) is 24.2 Å². The fourth-order valence-corrected chi connectivity index (χ4v) is 4.12. The van der Waals surface area contributed by atoms with Crippen LogP contribution in [-0.2, 0) is 17.9 Å². The van der Waals surface area contributed by atoms with Crippen LogP contribution in [0.3, 0.4) is 0 Å². The van der Waals surface area contributed by atoms with Crippen molar-refractivity contribution in [2.45, 2.75) is 59.7 Å². The van der Waals surface area contributed by atoms with Gasteiger partial charge in [-0.1, -0.05) is 32.9 Å². The first kappa shape index (κ1) is 29.5. The van der Waals surface area contributed by atoms with Crippen LogP contribution in [0.1, 0.15) is 56.5 Å². The second kappa shape index (κ2) is 13.1. The molecule has 0 saturated heterocycles. The quantitative estimate of drug-likeness (QED) is 0.366. The highest BCUT2D eigenvalue weighted by atomic mass is 16.5. The van der Waals surface area contributed by atoms with Gasteiger partial charge in [-0.05, 0) is 49.4 Å². The van der Waals surface area contributed by atoms with E-state index in [0.29, 0.717) is 35.1 Å². The molecule has 2 amide bonds. The van der Waals surface area contributed by atoms with E-state index in [0.717, 1.165) is 17.4 Å². The second-order valence-corrected chi connectivity index (χ2v) is 10.00. The average molecular weight is 539 g/mol. The van der Waals surface area contributed by atoms with E-state index in [-0.39, 0.29) is 41.8 Å². The van der Waals surface area contributed by atoms with E-state index in [4.69, 9.17) is 9.47 Å². The first-order chi connectivity index (χ1) is 18.6. The number of rotatable bonds is 12. The van der Waals surface area contributed by atoms with Gasteiger partial charge >= 0.3 is 5.69 Å². The van der Waals surface area contributed by atoms with E-state index in [1.807, 2.05) is 13.8 Å². The summed E-state index contributed by atoms with van der Waals surface area (Å²) in [5.74, 6) is 0.621. The molecule has 0 spiro atoms. The number of carbonyl (C=O) groups is 2. The minimum atomic E-state index is -0.630. The number of carbonyl (C=O) groups excluding carboxylic acids is 2. The van der Waals surface area contributed by atoms with Crippen LogP contribution >= 0.6 is 0 Å². The molecule has 1 aromatic heterocycles. The summed E-state index contributed by atoms with van der Waals surface area (Å²) >= 11 is 0. The molecule has 2 aromatic carbocycles. The molecule has 10 nitrogen and oxygen atoms in total. The Bertz CT molecular complexity index is 1440. The van der Waals surface area contributed by atoms with Crippen LogP contribution in [-0.4, -0.2) is 47.8 Å². The van der Waals surface area contributed by atoms with Gasteiger partial charge in [0.15, 0.2) is 11.5 Å². The van der Waals surface area contributed by atoms with Gasteiger partial charge in [-0.15, -0.1) is 0 Å². The maximum atomic E-state index is 13.6. The zero-order chi connectivity index (χ0) is 28.7. The molecule has 0 aliphatic rings. The third-order valence-electron chi connectivity index (χ3n) is 6.62. The van der Waals surface area contributed by atoms with Crippen molar-refractivity contribution in [1.82, 2.24) is 19.8 Å². The molecule has 1 heterocycles. The highest BCUT2D eigenvalue weighted by Crippen LogP contribution is 2.30. The van der Waals surface area contributed by atoms with E-state index in [1.54, 1.807) is 24.3 Å². The fraction of sp³-hybridized carbons (Fsp3) is 0.448. The Labute approximate surface area is 227 Å². The molecule has 10 heteroatoms. The Morgan fingerprint density at radius 2 is 1.59 bits per heavy atom. The van der Waals surface area contributed by atoms with Crippen LogP contribution < -0.4 is 31.4 Å².